The van der Waals surface area contributed by atoms with Gasteiger partial charge >= 0.3 is 0 Å². The van der Waals surface area contributed by atoms with E-state index in [1.54, 1.807) is 10.7 Å². The molecule has 1 aliphatic heterocycles. The summed E-state index contributed by atoms with van der Waals surface area (Å²) in [6, 6.07) is 14.3. The van der Waals surface area contributed by atoms with Crippen molar-refractivity contribution in [1.29, 1.82) is 0 Å². The molecule has 1 saturated heterocycles. The molecule has 0 atom stereocenters. The van der Waals surface area contributed by atoms with E-state index >= 15 is 0 Å². The fraction of sp³-hybridized carbons (Fsp3) is 0.261. The fourth-order valence-corrected chi connectivity index (χ4v) is 4.29. The maximum atomic E-state index is 13.0. The SMILES string of the molecule is Cc1cccc(-c2cn[nH]c2C2CCN(C(=O)c3cnn4ccccc34)CC2)c1. The number of aryl methyl sites for hydroxylation is 1. The Bertz CT molecular complexity index is 1170. The first-order valence-electron chi connectivity index (χ1n) is 10.0. The Balaban J connectivity index is 1.33. The van der Waals surface area contributed by atoms with Crippen LogP contribution in [-0.4, -0.2) is 43.7 Å². The highest BCUT2D eigenvalue weighted by atomic mass is 16.2. The molecular formula is C23H23N5O. The molecule has 1 fully saturated rings. The number of piperidine rings is 1. The van der Waals surface area contributed by atoms with Crippen molar-refractivity contribution in [2.24, 2.45) is 0 Å². The lowest BCUT2D eigenvalue weighted by Gasteiger charge is -2.31. The van der Waals surface area contributed by atoms with Gasteiger partial charge in [0.15, 0.2) is 0 Å². The third kappa shape index (κ3) is 3.20. The molecule has 1 N–H and O–H groups in total. The number of carbonyl (C=O) groups is 1. The maximum absolute atomic E-state index is 13.0. The fourth-order valence-electron chi connectivity index (χ4n) is 4.29. The smallest absolute Gasteiger partial charge is 0.257 e. The van der Waals surface area contributed by atoms with Crippen molar-refractivity contribution in [1.82, 2.24) is 24.7 Å². The number of aromatic nitrogens is 4. The lowest BCUT2D eigenvalue weighted by molar-refractivity contribution is 0.0714. The van der Waals surface area contributed by atoms with Gasteiger partial charge in [-0.05, 0) is 37.5 Å². The molecule has 0 aliphatic carbocycles. The lowest BCUT2D eigenvalue weighted by Crippen LogP contribution is -2.38. The lowest BCUT2D eigenvalue weighted by atomic mass is 9.89. The van der Waals surface area contributed by atoms with Crippen molar-refractivity contribution in [3.8, 4) is 11.1 Å². The number of nitrogens with zero attached hydrogens (tertiary/aromatic N) is 4. The number of pyridine rings is 1. The zero-order valence-electron chi connectivity index (χ0n) is 16.4. The van der Waals surface area contributed by atoms with Crippen LogP contribution in [0.3, 0.4) is 0 Å². The van der Waals surface area contributed by atoms with Gasteiger partial charge in [-0.25, -0.2) is 4.52 Å². The van der Waals surface area contributed by atoms with Crippen LogP contribution < -0.4 is 0 Å². The van der Waals surface area contributed by atoms with Crippen LogP contribution in [0.1, 0.15) is 40.4 Å². The van der Waals surface area contributed by atoms with E-state index in [2.05, 4.69) is 46.5 Å². The van der Waals surface area contributed by atoms with Crippen LogP contribution in [-0.2, 0) is 0 Å². The van der Waals surface area contributed by atoms with Crippen LogP contribution in [0.4, 0.5) is 0 Å². The zero-order valence-corrected chi connectivity index (χ0v) is 16.4. The molecule has 146 valence electrons. The number of amides is 1. The van der Waals surface area contributed by atoms with Crippen LogP contribution in [0, 0.1) is 6.92 Å². The molecule has 3 aromatic heterocycles. The molecule has 0 spiro atoms. The summed E-state index contributed by atoms with van der Waals surface area (Å²) in [6.07, 6.45) is 7.30. The molecule has 1 aliphatic rings. The van der Waals surface area contributed by atoms with Gasteiger partial charge in [0, 0.05) is 36.5 Å². The van der Waals surface area contributed by atoms with E-state index < -0.39 is 0 Å². The number of hydrogen-bond acceptors (Lipinski definition) is 3. The number of rotatable bonds is 3. The van der Waals surface area contributed by atoms with Gasteiger partial charge in [0.1, 0.15) is 0 Å². The van der Waals surface area contributed by atoms with Gasteiger partial charge in [-0.15, -0.1) is 0 Å². The second-order valence-corrected chi connectivity index (χ2v) is 7.72. The Morgan fingerprint density at radius 2 is 1.97 bits per heavy atom. The molecule has 1 aromatic carbocycles. The second-order valence-electron chi connectivity index (χ2n) is 7.72. The molecule has 0 radical (unpaired) electrons. The number of nitrogens with one attached hydrogen (secondary N) is 1. The van der Waals surface area contributed by atoms with Gasteiger partial charge in [-0.2, -0.15) is 10.2 Å². The minimum absolute atomic E-state index is 0.0631. The monoisotopic (exact) mass is 385 g/mol. The Labute approximate surface area is 169 Å². The van der Waals surface area contributed by atoms with Crippen molar-refractivity contribution < 1.29 is 4.79 Å². The van der Waals surface area contributed by atoms with E-state index in [9.17, 15) is 4.79 Å². The Hall–Kier alpha value is -3.41. The first kappa shape index (κ1) is 17.7. The highest BCUT2D eigenvalue weighted by Gasteiger charge is 2.28. The van der Waals surface area contributed by atoms with E-state index in [1.807, 2.05) is 35.5 Å². The van der Waals surface area contributed by atoms with Crippen molar-refractivity contribution in [2.45, 2.75) is 25.7 Å². The topological polar surface area (TPSA) is 66.3 Å². The van der Waals surface area contributed by atoms with Crippen LogP contribution in [0.25, 0.3) is 16.6 Å². The summed E-state index contributed by atoms with van der Waals surface area (Å²) >= 11 is 0. The number of carbonyl (C=O) groups excluding carboxylic acids is 1. The number of likely N-dealkylation sites (tertiary alicyclic amines) is 1. The zero-order chi connectivity index (χ0) is 19.8. The van der Waals surface area contributed by atoms with E-state index in [1.165, 1.54) is 22.4 Å². The van der Waals surface area contributed by atoms with E-state index in [0.717, 1.165) is 31.4 Å². The third-order valence-corrected chi connectivity index (χ3v) is 5.85. The summed E-state index contributed by atoms with van der Waals surface area (Å²) in [7, 11) is 0. The van der Waals surface area contributed by atoms with Crippen LogP contribution >= 0.6 is 0 Å². The molecule has 0 bridgehead atoms. The number of H-pyrrole nitrogens is 1. The van der Waals surface area contributed by atoms with Crippen molar-refractivity contribution in [3.05, 3.63) is 77.9 Å². The molecular weight excluding hydrogens is 362 g/mol. The van der Waals surface area contributed by atoms with Gasteiger partial charge < -0.3 is 4.90 Å². The minimum Gasteiger partial charge on any atom is -0.338 e. The Morgan fingerprint density at radius 3 is 2.79 bits per heavy atom. The van der Waals surface area contributed by atoms with E-state index in [0.29, 0.717) is 11.5 Å². The van der Waals surface area contributed by atoms with Crippen LogP contribution in [0.5, 0.6) is 0 Å². The van der Waals surface area contributed by atoms with Crippen molar-refractivity contribution in [3.63, 3.8) is 0 Å². The standard InChI is InChI=1S/C23H23N5O/c1-16-5-4-6-18(13-16)19-14-24-26-22(19)17-8-11-27(12-9-17)23(29)20-15-25-28-10-3-2-7-21(20)28/h2-7,10,13-15,17H,8-9,11-12H2,1H3,(H,24,26). The number of aromatic amines is 1. The minimum atomic E-state index is 0.0631. The average Bonchev–Trinajstić information content (AvgIpc) is 3.41. The molecule has 1 amide bonds. The normalized spacial score (nSPS) is 15.1. The summed E-state index contributed by atoms with van der Waals surface area (Å²) in [5.41, 5.74) is 6.31. The first-order valence-corrected chi connectivity index (χ1v) is 10.0. The summed E-state index contributed by atoms with van der Waals surface area (Å²) in [4.78, 5) is 15.0. The third-order valence-electron chi connectivity index (χ3n) is 5.85. The largest absolute Gasteiger partial charge is 0.338 e. The highest BCUT2D eigenvalue weighted by Crippen LogP contribution is 2.34. The number of hydrogen-bond donors (Lipinski definition) is 1. The van der Waals surface area contributed by atoms with Crippen LogP contribution in [0.15, 0.2) is 61.1 Å². The molecule has 0 unspecified atom stereocenters. The second kappa shape index (κ2) is 7.20. The summed E-state index contributed by atoms with van der Waals surface area (Å²) < 4.78 is 1.75. The number of benzene rings is 1. The molecule has 0 saturated carbocycles. The maximum Gasteiger partial charge on any atom is 0.257 e. The molecule has 6 nitrogen and oxygen atoms in total. The quantitative estimate of drug-likeness (QED) is 0.578. The van der Waals surface area contributed by atoms with Gasteiger partial charge in [0.05, 0.1) is 23.5 Å². The predicted octanol–water partition coefficient (Wildman–Crippen LogP) is 4.05. The molecule has 4 heterocycles. The predicted molar refractivity (Wildman–Crippen MR) is 112 cm³/mol. The molecule has 6 heteroatoms. The van der Waals surface area contributed by atoms with E-state index in [-0.39, 0.29) is 5.91 Å². The van der Waals surface area contributed by atoms with Gasteiger partial charge in [-0.3, -0.25) is 9.89 Å². The van der Waals surface area contributed by atoms with Gasteiger partial charge in [0.2, 0.25) is 0 Å². The highest BCUT2D eigenvalue weighted by molar-refractivity contribution is 6.00. The molecule has 5 rings (SSSR count). The van der Waals surface area contributed by atoms with Gasteiger partial charge in [-0.1, -0.05) is 35.9 Å². The summed E-state index contributed by atoms with van der Waals surface area (Å²) in [5, 5.41) is 11.8. The Kier molecular flexibility index (Phi) is 4.39. The van der Waals surface area contributed by atoms with Gasteiger partial charge in [0.25, 0.3) is 5.91 Å². The van der Waals surface area contributed by atoms with E-state index in [4.69, 9.17) is 0 Å². The Morgan fingerprint density at radius 1 is 1.10 bits per heavy atom. The van der Waals surface area contributed by atoms with Crippen molar-refractivity contribution >= 4 is 11.4 Å². The van der Waals surface area contributed by atoms with Crippen LogP contribution in [0.2, 0.25) is 0 Å². The molecule has 4 aromatic rings. The summed E-state index contributed by atoms with van der Waals surface area (Å²) in [6.45, 7) is 3.58. The average molecular weight is 385 g/mol. The number of fused-ring (bicyclic) bond motifs is 1. The molecule has 29 heavy (non-hydrogen) atoms. The first-order chi connectivity index (χ1) is 14.2. The summed E-state index contributed by atoms with van der Waals surface area (Å²) in [5.74, 6) is 0.439. The van der Waals surface area contributed by atoms with Crippen molar-refractivity contribution in [2.75, 3.05) is 13.1 Å².